The summed E-state index contributed by atoms with van der Waals surface area (Å²) in [6.07, 6.45) is 3.87. The second-order valence-corrected chi connectivity index (χ2v) is 7.73. The van der Waals surface area contributed by atoms with Crippen LogP contribution in [-0.2, 0) is 14.6 Å². The standard InChI is InChI=1S/C12H23NO3S/c1-3-17(14,15)8-9(2)13-11-6-7-16-12(11)10-4-5-10/h9-13H,3-8H2,1-2H3. The van der Waals surface area contributed by atoms with Gasteiger partial charge in [0.15, 0.2) is 9.84 Å². The molecule has 1 aliphatic heterocycles. The van der Waals surface area contributed by atoms with Crippen molar-refractivity contribution in [1.29, 1.82) is 0 Å². The van der Waals surface area contributed by atoms with E-state index in [9.17, 15) is 8.42 Å². The summed E-state index contributed by atoms with van der Waals surface area (Å²) in [5, 5.41) is 3.44. The average Bonchev–Trinajstić information content (AvgIpc) is 3.00. The average molecular weight is 261 g/mol. The highest BCUT2D eigenvalue weighted by Crippen LogP contribution is 2.38. The lowest BCUT2D eigenvalue weighted by molar-refractivity contribution is 0.0797. The van der Waals surface area contributed by atoms with Gasteiger partial charge in [0.1, 0.15) is 0 Å². The van der Waals surface area contributed by atoms with E-state index in [1.165, 1.54) is 12.8 Å². The molecule has 0 aromatic heterocycles. The summed E-state index contributed by atoms with van der Waals surface area (Å²) in [7, 11) is -2.89. The summed E-state index contributed by atoms with van der Waals surface area (Å²) < 4.78 is 28.8. The predicted molar refractivity (Wildman–Crippen MR) is 67.8 cm³/mol. The number of nitrogens with one attached hydrogen (secondary N) is 1. The van der Waals surface area contributed by atoms with Gasteiger partial charge in [-0.25, -0.2) is 8.42 Å². The molecule has 1 heterocycles. The molecule has 1 saturated carbocycles. The first-order valence-electron chi connectivity index (χ1n) is 6.60. The summed E-state index contributed by atoms with van der Waals surface area (Å²) >= 11 is 0. The minimum Gasteiger partial charge on any atom is -0.376 e. The highest BCUT2D eigenvalue weighted by molar-refractivity contribution is 7.91. The van der Waals surface area contributed by atoms with Gasteiger partial charge in [0.25, 0.3) is 0 Å². The van der Waals surface area contributed by atoms with Gasteiger partial charge in [-0.3, -0.25) is 0 Å². The van der Waals surface area contributed by atoms with E-state index in [-0.39, 0.29) is 17.5 Å². The van der Waals surface area contributed by atoms with E-state index in [4.69, 9.17) is 4.74 Å². The molecule has 100 valence electrons. The minimum absolute atomic E-state index is 0.0212. The lowest BCUT2D eigenvalue weighted by Crippen LogP contribution is -2.45. The van der Waals surface area contributed by atoms with Crippen LogP contribution < -0.4 is 5.32 Å². The van der Waals surface area contributed by atoms with Gasteiger partial charge in [0, 0.05) is 24.4 Å². The maximum absolute atomic E-state index is 11.5. The normalized spacial score (nSPS) is 31.6. The molecule has 2 fully saturated rings. The number of hydrogen-bond acceptors (Lipinski definition) is 4. The smallest absolute Gasteiger partial charge is 0.151 e. The van der Waals surface area contributed by atoms with Crippen molar-refractivity contribution in [2.45, 2.75) is 51.3 Å². The summed E-state index contributed by atoms with van der Waals surface area (Å²) in [5.74, 6) is 1.17. The second kappa shape index (κ2) is 5.24. The fourth-order valence-corrected chi connectivity index (χ4v) is 3.69. The molecule has 1 aliphatic carbocycles. The maximum Gasteiger partial charge on any atom is 0.151 e. The highest BCUT2D eigenvalue weighted by Gasteiger charge is 2.40. The van der Waals surface area contributed by atoms with Gasteiger partial charge in [-0.05, 0) is 32.1 Å². The van der Waals surface area contributed by atoms with Gasteiger partial charge in [0.05, 0.1) is 11.9 Å². The van der Waals surface area contributed by atoms with Gasteiger partial charge in [-0.2, -0.15) is 0 Å². The first-order valence-corrected chi connectivity index (χ1v) is 8.42. The maximum atomic E-state index is 11.5. The molecule has 2 aliphatic rings. The molecule has 1 N–H and O–H groups in total. The molecule has 2 rings (SSSR count). The molecular weight excluding hydrogens is 238 g/mol. The van der Waals surface area contributed by atoms with Crippen molar-refractivity contribution in [3.63, 3.8) is 0 Å². The van der Waals surface area contributed by atoms with Crippen LogP contribution in [-0.4, -0.2) is 44.7 Å². The van der Waals surface area contributed by atoms with Crippen LogP contribution in [0.1, 0.15) is 33.1 Å². The van der Waals surface area contributed by atoms with E-state index in [0.717, 1.165) is 13.0 Å². The number of rotatable bonds is 6. The van der Waals surface area contributed by atoms with Crippen molar-refractivity contribution in [1.82, 2.24) is 5.32 Å². The Balaban J connectivity index is 1.83. The predicted octanol–water partition coefficient (Wildman–Crippen LogP) is 0.967. The molecule has 0 amide bonds. The molecule has 3 unspecified atom stereocenters. The third-order valence-electron chi connectivity index (χ3n) is 3.66. The Hall–Kier alpha value is -0.130. The fraction of sp³-hybridized carbons (Fsp3) is 1.00. The SMILES string of the molecule is CCS(=O)(=O)CC(C)NC1CCOC1C1CC1. The van der Waals surface area contributed by atoms with E-state index in [2.05, 4.69) is 5.32 Å². The van der Waals surface area contributed by atoms with Crippen LogP contribution in [0.5, 0.6) is 0 Å². The Morgan fingerprint density at radius 2 is 2.06 bits per heavy atom. The molecule has 3 atom stereocenters. The quantitative estimate of drug-likeness (QED) is 0.774. The van der Waals surface area contributed by atoms with Crippen LogP contribution >= 0.6 is 0 Å². The molecule has 5 heteroatoms. The first kappa shape index (κ1) is 13.3. The zero-order chi connectivity index (χ0) is 12.5. The van der Waals surface area contributed by atoms with Crippen LogP contribution in [0.2, 0.25) is 0 Å². The van der Waals surface area contributed by atoms with Crippen molar-refractivity contribution in [2.24, 2.45) is 5.92 Å². The summed E-state index contributed by atoms with van der Waals surface area (Å²) in [4.78, 5) is 0. The Labute approximate surface area is 104 Å². The van der Waals surface area contributed by atoms with E-state index in [1.807, 2.05) is 6.92 Å². The second-order valence-electron chi connectivity index (χ2n) is 5.33. The topological polar surface area (TPSA) is 55.4 Å². The van der Waals surface area contributed by atoms with Crippen LogP contribution in [0.15, 0.2) is 0 Å². The largest absolute Gasteiger partial charge is 0.376 e. The third kappa shape index (κ3) is 3.66. The first-order chi connectivity index (χ1) is 8.02. The van der Waals surface area contributed by atoms with Gasteiger partial charge in [-0.15, -0.1) is 0 Å². The van der Waals surface area contributed by atoms with Crippen LogP contribution in [0.3, 0.4) is 0 Å². The van der Waals surface area contributed by atoms with Gasteiger partial charge < -0.3 is 10.1 Å². The third-order valence-corrected chi connectivity index (χ3v) is 5.55. The summed E-state index contributed by atoms with van der Waals surface area (Å²) in [5.41, 5.74) is 0. The Morgan fingerprint density at radius 1 is 1.35 bits per heavy atom. The zero-order valence-corrected chi connectivity index (χ0v) is 11.5. The minimum atomic E-state index is -2.89. The van der Waals surface area contributed by atoms with Crippen molar-refractivity contribution in [3.05, 3.63) is 0 Å². The number of ether oxygens (including phenoxy) is 1. The number of sulfone groups is 1. The molecule has 0 spiro atoms. The van der Waals surface area contributed by atoms with E-state index in [1.54, 1.807) is 6.92 Å². The number of hydrogen-bond donors (Lipinski definition) is 1. The van der Waals surface area contributed by atoms with E-state index < -0.39 is 9.84 Å². The van der Waals surface area contributed by atoms with Crippen LogP contribution in [0, 0.1) is 5.92 Å². The highest BCUT2D eigenvalue weighted by atomic mass is 32.2. The van der Waals surface area contributed by atoms with Gasteiger partial charge in [0.2, 0.25) is 0 Å². The van der Waals surface area contributed by atoms with Crippen LogP contribution in [0.4, 0.5) is 0 Å². The summed E-state index contributed by atoms with van der Waals surface area (Å²) in [6, 6.07) is 0.373. The Morgan fingerprint density at radius 3 is 2.65 bits per heavy atom. The van der Waals surface area contributed by atoms with Crippen molar-refractivity contribution in [2.75, 3.05) is 18.1 Å². The Kier molecular flexibility index (Phi) is 4.10. The molecule has 17 heavy (non-hydrogen) atoms. The molecule has 0 bridgehead atoms. The monoisotopic (exact) mass is 261 g/mol. The fourth-order valence-electron chi connectivity index (χ4n) is 2.59. The molecule has 4 nitrogen and oxygen atoms in total. The lowest BCUT2D eigenvalue weighted by Gasteiger charge is -2.23. The van der Waals surface area contributed by atoms with Crippen molar-refractivity contribution in [3.8, 4) is 0 Å². The van der Waals surface area contributed by atoms with E-state index >= 15 is 0 Å². The molecule has 1 saturated heterocycles. The molecular formula is C12H23NO3S. The zero-order valence-electron chi connectivity index (χ0n) is 10.7. The summed E-state index contributed by atoms with van der Waals surface area (Å²) in [6.45, 7) is 4.47. The lowest BCUT2D eigenvalue weighted by atomic mass is 10.1. The molecule has 0 aromatic rings. The van der Waals surface area contributed by atoms with Crippen molar-refractivity contribution < 1.29 is 13.2 Å². The van der Waals surface area contributed by atoms with Gasteiger partial charge >= 0.3 is 0 Å². The van der Waals surface area contributed by atoms with E-state index in [0.29, 0.717) is 18.1 Å². The molecule has 0 aromatic carbocycles. The van der Waals surface area contributed by atoms with Crippen molar-refractivity contribution >= 4 is 9.84 Å². The molecule has 0 radical (unpaired) electrons. The van der Waals surface area contributed by atoms with Crippen LogP contribution in [0.25, 0.3) is 0 Å². The van der Waals surface area contributed by atoms with Gasteiger partial charge in [-0.1, -0.05) is 6.92 Å². The Bertz CT molecular complexity index is 351.